The number of hydrogen-bond acceptors (Lipinski definition) is 5. The van der Waals surface area contributed by atoms with Crippen LogP contribution in [0.2, 0.25) is 0 Å². The number of amides is 1. The lowest BCUT2D eigenvalue weighted by Crippen LogP contribution is -2.72. The van der Waals surface area contributed by atoms with Gasteiger partial charge in [0, 0.05) is 13.1 Å². The molecule has 19 heavy (non-hydrogen) atoms. The first-order valence-corrected chi connectivity index (χ1v) is 6.58. The molecule has 106 valence electrons. The maximum absolute atomic E-state index is 11.9. The molecule has 0 aromatic rings. The van der Waals surface area contributed by atoms with Crippen molar-refractivity contribution in [1.29, 1.82) is 5.26 Å². The summed E-state index contributed by atoms with van der Waals surface area (Å²) in [4.78, 5) is 15.6. The topological polar surface area (TPSA) is 65.8 Å². The molecule has 0 bridgehead atoms. The van der Waals surface area contributed by atoms with Crippen LogP contribution in [0.5, 0.6) is 0 Å². The lowest BCUT2D eigenvalue weighted by molar-refractivity contribution is -0.0708. The van der Waals surface area contributed by atoms with E-state index in [0.717, 1.165) is 13.1 Å². The van der Waals surface area contributed by atoms with Gasteiger partial charge in [-0.05, 0) is 20.8 Å². The fourth-order valence-electron chi connectivity index (χ4n) is 2.37. The second-order valence-corrected chi connectivity index (χ2v) is 6.08. The van der Waals surface area contributed by atoms with Crippen molar-refractivity contribution in [1.82, 2.24) is 9.80 Å². The molecule has 0 aromatic carbocycles. The van der Waals surface area contributed by atoms with Crippen LogP contribution in [0.1, 0.15) is 20.8 Å². The number of rotatable bonds is 1. The molecule has 2 saturated heterocycles. The van der Waals surface area contributed by atoms with Crippen LogP contribution in [-0.2, 0) is 9.47 Å². The monoisotopic (exact) mass is 267 g/mol. The average molecular weight is 267 g/mol. The number of hydrogen-bond donors (Lipinski definition) is 0. The largest absolute Gasteiger partial charge is 0.444 e. The van der Waals surface area contributed by atoms with Gasteiger partial charge in [0.2, 0.25) is 0 Å². The minimum absolute atomic E-state index is 0.341. The molecule has 2 heterocycles. The maximum Gasteiger partial charge on any atom is 0.410 e. The van der Waals surface area contributed by atoms with Gasteiger partial charge >= 0.3 is 6.09 Å². The molecule has 2 rings (SSSR count). The summed E-state index contributed by atoms with van der Waals surface area (Å²) in [6.45, 7) is 9.13. The predicted molar refractivity (Wildman–Crippen MR) is 68.5 cm³/mol. The van der Waals surface area contributed by atoms with Crippen LogP contribution in [0.3, 0.4) is 0 Å². The molecule has 0 radical (unpaired) electrons. The summed E-state index contributed by atoms with van der Waals surface area (Å²) in [7, 11) is 0. The van der Waals surface area contributed by atoms with Crippen LogP contribution in [-0.4, -0.2) is 66.4 Å². The van der Waals surface area contributed by atoms with Crippen molar-refractivity contribution >= 4 is 6.09 Å². The van der Waals surface area contributed by atoms with Crippen LogP contribution < -0.4 is 0 Å². The predicted octanol–water partition coefficient (Wildman–Crippen LogP) is 0.832. The molecule has 2 aliphatic rings. The van der Waals surface area contributed by atoms with Gasteiger partial charge in [-0.3, -0.25) is 4.90 Å². The number of likely N-dealkylation sites (tertiary alicyclic amines) is 1. The Kier molecular flexibility index (Phi) is 3.70. The highest BCUT2D eigenvalue weighted by atomic mass is 16.6. The van der Waals surface area contributed by atoms with Gasteiger partial charge in [0.15, 0.2) is 0 Å². The molecule has 0 N–H and O–H groups in total. The van der Waals surface area contributed by atoms with Crippen LogP contribution in [0.15, 0.2) is 0 Å². The molecule has 2 fully saturated rings. The van der Waals surface area contributed by atoms with Crippen molar-refractivity contribution in [3.63, 3.8) is 0 Å². The lowest BCUT2D eigenvalue weighted by atomic mass is 9.89. The smallest absolute Gasteiger partial charge is 0.410 e. The first-order chi connectivity index (χ1) is 8.86. The second kappa shape index (κ2) is 4.99. The van der Waals surface area contributed by atoms with E-state index in [9.17, 15) is 10.1 Å². The summed E-state index contributed by atoms with van der Waals surface area (Å²) in [5.74, 6) is 0. The van der Waals surface area contributed by atoms with Crippen molar-refractivity contribution in [3.8, 4) is 6.07 Å². The van der Waals surface area contributed by atoms with E-state index >= 15 is 0 Å². The van der Waals surface area contributed by atoms with E-state index in [4.69, 9.17) is 9.47 Å². The quantitative estimate of drug-likeness (QED) is 0.704. The zero-order chi connectivity index (χ0) is 14.1. The molecular formula is C13H21N3O3. The van der Waals surface area contributed by atoms with Crippen molar-refractivity contribution in [2.45, 2.75) is 31.9 Å². The zero-order valence-corrected chi connectivity index (χ0v) is 11.8. The Morgan fingerprint density at radius 2 is 1.89 bits per heavy atom. The van der Waals surface area contributed by atoms with Crippen molar-refractivity contribution in [2.75, 3.05) is 39.4 Å². The van der Waals surface area contributed by atoms with Gasteiger partial charge in [-0.2, -0.15) is 5.26 Å². The van der Waals surface area contributed by atoms with Gasteiger partial charge in [-0.25, -0.2) is 4.79 Å². The second-order valence-electron chi connectivity index (χ2n) is 6.08. The highest BCUT2D eigenvalue weighted by Gasteiger charge is 2.51. The van der Waals surface area contributed by atoms with E-state index in [1.54, 1.807) is 4.90 Å². The first kappa shape index (κ1) is 14.1. The van der Waals surface area contributed by atoms with Gasteiger partial charge in [0.1, 0.15) is 11.1 Å². The highest BCUT2D eigenvalue weighted by molar-refractivity contribution is 5.70. The summed E-state index contributed by atoms with van der Waals surface area (Å²) < 4.78 is 10.6. The van der Waals surface area contributed by atoms with E-state index in [-0.39, 0.29) is 6.09 Å². The van der Waals surface area contributed by atoms with Crippen molar-refractivity contribution in [2.24, 2.45) is 0 Å². The summed E-state index contributed by atoms with van der Waals surface area (Å²) in [5.41, 5.74) is -1.05. The fraction of sp³-hybridized carbons (Fsp3) is 0.846. The molecule has 0 aliphatic carbocycles. The number of carbonyl (C=O) groups excluding carboxylic acids is 1. The molecule has 6 heteroatoms. The molecule has 0 atom stereocenters. The third-order valence-electron chi connectivity index (χ3n) is 3.38. The molecule has 0 saturated carbocycles. The Hall–Kier alpha value is -1.32. The fourth-order valence-corrected chi connectivity index (χ4v) is 2.37. The van der Waals surface area contributed by atoms with Gasteiger partial charge in [-0.1, -0.05) is 0 Å². The third kappa shape index (κ3) is 2.99. The molecule has 6 nitrogen and oxygen atoms in total. The van der Waals surface area contributed by atoms with Crippen molar-refractivity contribution in [3.05, 3.63) is 0 Å². The van der Waals surface area contributed by atoms with Gasteiger partial charge < -0.3 is 14.4 Å². The summed E-state index contributed by atoms with van der Waals surface area (Å²) >= 11 is 0. The van der Waals surface area contributed by atoms with Crippen LogP contribution in [0.4, 0.5) is 4.79 Å². The number of nitriles is 1. The van der Waals surface area contributed by atoms with E-state index < -0.39 is 11.1 Å². The van der Waals surface area contributed by atoms with Gasteiger partial charge in [0.25, 0.3) is 0 Å². The summed E-state index contributed by atoms with van der Waals surface area (Å²) in [5, 5.41) is 9.41. The minimum Gasteiger partial charge on any atom is -0.444 e. The van der Waals surface area contributed by atoms with E-state index in [2.05, 4.69) is 11.0 Å². The minimum atomic E-state index is -0.555. The summed E-state index contributed by atoms with van der Waals surface area (Å²) in [6.07, 6.45) is -0.341. The highest BCUT2D eigenvalue weighted by Crippen LogP contribution is 2.29. The molecular weight excluding hydrogens is 246 g/mol. The first-order valence-electron chi connectivity index (χ1n) is 6.58. The average Bonchev–Trinajstić information content (AvgIpc) is 2.27. The Morgan fingerprint density at radius 3 is 2.37 bits per heavy atom. The molecule has 0 spiro atoms. The van der Waals surface area contributed by atoms with Gasteiger partial charge in [0.05, 0.1) is 32.4 Å². The SMILES string of the molecule is CC(C)(C)OC(=O)N1CC(C#N)(N2CCOCC2)C1. The Bertz CT molecular complexity index is 385. The molecule has 0 aromatic heterocycles. The number of ether oxygens (including phenoxy) is 2. The number of nitrogens with zero attached hydrogens (tertiary/aromatic N) is 3. The van der Waals surface area contributed by atoms with Crippen molar-refractivity contribution < 1.29 is 14.3 Å². The molecule has 0 unspecified atom stereocenters. The van der Waals surface area contributed by atoms with Gasteiger partial charge in [-0.15, -0.1) is 0 Å². The Balaban J connectivity index is 1.92. The van der Waals surface area contributed by atoms with E-state index in [0.29, 0.717) is 26.3 Å². The maximum atomic E-state index is 11.9. The summed E-state index contributed by atoms with van der Waals surface area (Å²) in [6, 6.07) is 2.35. The van der Waals surface area contributed by atoms with Crippen LogP contribution in [0.25, 0.3) is 0 Å². The zero-order valence-electron chi connectivity index (χ0n) is 11.8. The Morgan fingerprint density at radius 1 is 1.32 bits per heavy atom. The number of carbonyl (C=O) groups is 1. The standard InChI is InChI=1S/C13H21N3O3/c1-12(2,3)19-11(17)15-9-13(8-14,10-15)16-4-6-18-7-5-16/h4-7,9-10H2,1-3H3. The van der Waals surface area contributed by atoms with Crippen LogP contribution >= 0.6 is 0 Å². The van der Waals surface area contributed by atoms with Crippen LogP contribution in [0, 0.1) is 11.3 Å². The third-order valence-corrected chi connectivity index (χ3v) is 3.38. The number of morpholine rings is 1. The molecule has 2 aliphatic heterocycles. The lowest BCUT2D eigenvalue weighted by Gasteiger charge is -2.52. The van der Waals surface area contributed by atoms with E-state index in [1.807, 2.05) is 20.8 Å². The molecule has 1 amide bonds. The van der Waals surface area contributed by atoms with E-state index in [1.165, 1.54) is 0 Å². The normalized spacial score (nSPS) is 23.4. The Labute approximate surface area is 113 Å².